The number of hydrogen-bond donors (Lipinski definition) is 1. The second-order valence-electron chi connectivity index (χ2n) is 4.39. The molecule has 21 heavy (non-hydrogen) atoms. The van der Waals surface area contributed by atoms with Crippen molar-refractivity contribution in [3.05, 3.63) is 65.5 Å². The predicted octanol–water partition coefficient (Wildman–Crippen LogP) is 2.22. The van der Waals surface area contributed by atoms with E-state index in [4.69, 9.17) is 5.26 Å². The molecule has 1 N–H and O–H groups in total. The maximum atomic E-state index is 13.2. The first-order chi connectivity index (χ1) is 10.0. The van der Waals surface area contributed by atoms with Crippen LogP contribution in [0.4, 0.5) is 4.39 Å². The van der Waals surface area contributed by atoms with Gasteiger partial charge in [0.2, 0.25) is 10.0 Å². The lowest BCUT2D eigenvalue weighted by Gasteiger charge is -2.07. The van der Waals surface area contributed by atoms with Crippen molar-refractivity contribution in [1.29, 1.82) is 5.26 Å². The Morgan fingerprint density at radius 1 is 1.14 bits per heavy atom. The van der Waals surface area contributed by atoms with E-state index in [1.165, 1.54) is 0 Å². The standard InChI is InChI=1S/C15H13FN2O2S/c16-15-7-6-14(10-13(15)11-17)21(19,20)18-9-8-12-4-2-1-3-5-12/h1-7,10,18H,8-9H2. The average molecular weight is 304 g/mol. The van der Waals surface area contributed by atoms with Crippen LogP contribution in [0.5, 0.6) is 0 Å². The summed E-state index contributed by atoms with van der Waals surface area (Å²) in [4.78, 5) is -0.117. The summed E-state index contributed by atoms with van der Waals surface area (Å²) in [7, 11) is -3.75. The van der Waals surface area contributed by atoms with Gasteiger partial charge in [-0.25, -0.2) is 17.5 Å². The molecule has 0 amide bonds. The molecule has 6 heteroatoms. The van der Waals surface area contributed by atoms with E-state index in [0.29, 0.717) is 6.42 Å². The lowest BCUT2D eigenvalue weighted by atomic mass is 10.2. The molecular formula is C15H13FN2O2S. The third-order valence-electron chi connectivity index (χ3n) is 2.92. The van der Waals surface area contributed by atoms with Gasteiger partial charge >= 0.3 is 0 Å². The first-order valence-electron chi connectivity index (χ1n) is 6.26. The molecule has 0 saturated carbocycles. The molecule has 108 valence electrons. The number of halogens is 1. The van der Waals surface area contributed by atoms with Crippen LogP contribution in [0, 0.1) is 17.1 Å². The van der Waals surface area contributed by atoms with E-state index in [9.17, 15) is 12.8 Å². The number of nitrogens with one attached hydrogen (secondary N) is 1. The SMILES string of the molecule is N#Cc1cc(S(=O)(=O)NCCc2ccccc2)ccc1F. The zero-order valence-electron chi connectivity index (χ0n) is 11.1. The van der Waals surface area contributed by atoms with Crippen molar-refractivity contribution >= 4 is 10.0 Å². The van der Waals surface area contributed by atoms with Gasteiger partial charge < -0.3 is 0 Å². The molecule has 0 aliphatic heterocycles. The van der Waals surface area contributed by atoms with Gasteiger partial charge in [-0.15, -0.1) is 0 Å². The molecule has 0 radical (unpaired) electrons. The Balaban J connectivity index is 2.07. The minimum absolute atomic E-state index is 0.117. The largest absolute Gasteiger partial charge is 0.240 e. The predicted molar refractivity (Wildman–Crippen MR) is 76.4 cm³/mol. The summed E-state index contributed by atoms with van der Waals surface area (Å²) in [5, 5.41) is 8.73. The zero-order valence-corrected chi connectivity index (χ0v) is 11.9. The van der Waals surface area contributed by atoms with Gasteiger partial charge in [-0.2, -0.15) is 5.26 Å². The van der Waals surface area contributed by atoms with Crippen LogP contribution in [-0.2, 0) is 16.4 Å². The molecule has 0 atom stereocenters. The smallest absolute Gasteiger partial charge is 0.211 e. The fourth-order valence-electron chi connectivity index (χ4n) is 1.81. The highest BCUT2D eigenvalue weighted by Gasteiger charge is 2.15. The molecule has 2 rings (SSSR count). The lowest BCUT2D eigenvalue weighted by molar-refractivity contribution is 0.580. The van der Waals surface area contributed by atoms with Gasteiger partial charge in [0, 0.05) is 6.54 Å². The number of rotatable bonds is 5. The van der Waals surface area contributed by atoms with Gasteiger partial charge in [-0.1, -0.05) is 30.3 Å². The molecule has 0 aliphatic rings. The molecule has 0 bridgehead atoms. The normalized spacial score (nSPS) is 11.0. The minimum atomic E-state index is -3.75. The Morgan fingerprint density at radius 2 is 1.86 bits per heavy atom. The highest BCUT2D eigenvalue weighted by Crippen LogP contribution is 2.14. The molecule has 0 unspecified atom stereocenters. The first-order valence-corrected chi connectivity index (χ1v) is 7.74. The Hall–Kier alpha value is -2.23. The van der Waals surface area contributed by atoms with Crippen LogP contribution >= 0.6 is 0 Å². The van der Waals surface area contributed by atoms with Crippen LogP contribution in [0.25, 0.3) is 0 Å². The van der Waals surface area contributed by atoms with Gasteiger partial charge in [0.15, 0.2) is 0 Å². The third-order valence-corrected chi connectivity index (χ3v) is 4.38. The van der Waals surface area contributed by atoms with Gasteiger partial charge in [0.1, 0.15) is 11.9 Å². The van der Waals surface area contributed by atoms with E-state index in [-0.39, 0.29) is 17.0 Å². The summed E-state index contributed by atoms with van der Waals surface area (Å²) in [6.45, 7) is 0.228. The number of sulfonamides is 1. The Morgan fingerprint density at radius 3 is 2.52 bits per heavy atom. The van der Waals surface area contributed by atoms with E-state index in [1.54, 1.807) is 6.07 Å². The van der Waals surface area contributed by atoms with Crippen LogP contribution in [0.3, 0.4) is 0 Å². The first kappa shape index (κ1) is 15.2. The van der Waals surface area contributed by atoms with Crippen LogP contribution < -0.4 is 4.72 Å². The number of hydrogen-bond acceptors (Lipinski definition) is 3. The fourth-order valence-corrected chi connectivity index (χ4v) is 2.87. The summed E-state index contributed by atoms with van der Waals surface area (Å²) in [5.74, 6) is -0.735. The summed E-state index contributed by atoms with van der Waals surface area (Å²) in [5.41, 5.74) is 0.720. The zero-order chi connectivity index (χ0) is 15.3. The summed E-state index contributed by atoms with van der Waals surface area (Å²) >= 11 is 0. The second-order valence-corrected chi connectivity index (χ2v) is 6.15. The monoisotopic (exact) mass is 304 g/mol. The molecule has 2 aromatic carbocycles. The van der Waals surface area contributed by atoms with Gasteiger partial charge in [-0.3, -0.25) is 0 Å². The van der Waals surface area contributed by atoms with Crippen molar-refractivity contribution in [3.63, 3.8) is 0 Å². The topological polar surface area (TPSA) is 70.0 Å². The molecule has 0 aliphatic carbocycles. The molecule has 2 aromatic rings. The highest BCUT2D eigenvalue weighted by molar-refractivity contribution is 7.89. The minimum Gasteiger partial charge on any atom is -0.211 e. The maximum Gasteiger partial charge on any atom is 0.240 e. The molecule has 0 spiro atoms. The molecule has 0 heterocycles. The van der Waals surface area contributed by atoms with Crippen molar-refractivity contribution in [1.82, 2.24) is 4.72 Å². The maximum absolute atomic E-state index is 13.2. The Bertz CT molecular complexity index is 768. The molecule has 4 nitrogen and oxygen atoms in total. The average Bonchev–Trinajstić information content (AvgIpc) is 2.48. The third kappa shape index (κ3) is 3.88. The van der Waals surface area contributed by atoms with E-state index < -0.39 is 15.8 Å². The van der Waals surface area contributed by atoms with Crippen LogP contribution in [0.15, 0.2) is 53.4 Å². The molecular weight excluding hydrogens is 291 g/mol. The van der Waals surface area contributed by atoms with E-state index >= 15 is 0 Å². The van der Waals surface area contributed by atoms with Gasteiger partial charge in [-0.05, 0) is 30.2 Å². The van der Waals surface area contributed by atoms with Crippen molar-refractivity contribution in [2.75, 3.05) is 6.54 Å². The fraction of sp³-hybridized carbons (Fsp3) is 0.133. The van der Waals surface area contributed by atoms with Gasteiger partial charge in [0.05, 0.1) is 10.5 Å². The molecule has 0 saturated heterocycles. The summed E-state index contributed by atoms with van der Waals surface area (Å²) in [6, 6.07) is 14.2. The number of nitrogens with zero attached hydrogens (tertiary/aromatic N) is 1. The molecule has 0 aromatic heterocycles. The van der Waals surface area contributed by atoms with E-state index in [0.717, 1.165) is 23.8 Å². The van der Waals surface area contributed by atoms with Crippen molar-refractivity contribution < 1.29 is 12.8 Å². The van der Waals surface area contributed by atoms with Crippen LogP contribution in [0.2, 0.25) is 0 Å². The highest BCUT2D eigenvalue weighted by atomic mass is 32.2. The summed E-state index contributed by atoms with van der Waals surface area (Å²) in [6.07, 6.45) is 0.548. The molecule has 0 fully saturated rings. The van der Waals surface area contributed by atoms with Crippen molar-refractivity contribution in [2.45, 2.75) is 11.3 Å². The number of benzene rings is 2. The number of nitriles is 1. The Kier molecular flexibility index (Phi) is 4.68. The lowest BCUT2D eigenvalue weighted by Crippen LogP contribution is -2.26. The van der Waals surface area contributed by atoms with Crippen molar-refractivity contribution in [2.24, 2.45) is 0 Å². The van der Waals surface area contributed by atoms with E-state index in [1.807, 2.05) is 30.3 Å². The second kappa shape index (κ2) is 6.48. The van der Waals surface area contributed by atoms with Crippen LogP contribution in [-0.4, -0.2) is 15.0 Å². The van der Waals surface area contributed by atoms with Gasteiger partial charge in [0.25, 0.3) is 0 Å². The van der Waals surface area contributed by atoms with Crippen molar-refractivity contribution in [3.8, 4) is 6.07 Å². The Labute approximate surface area is 122 Å². The quantitative estimate of drug-likeness (QED) is 0.920. The van der Waals surface area contributed by atoms with E-state index in [2.05, 4.69) is 4.72 Å². The summed E-state index contributed by atoms with van der Waals surface area (Å²) < 4.78 is 39.7. The van der Waals surface area contributed by atoms with Crippen LogP contribution in [0.1, 0.15) is 11.1 Å².